The maximum Gasteiger partial charge on any atom is 0.328 e. The Morgan fingerprint density at radius 1 is 1.24 bits per heavy atom. The van der Waals surface area contributed by atoms with Crippen molar-refractivity contribution in [2.24, 2.45) is 22.7 Å². The zero-order valence-corrected chi connectivity index (χ0v) is 15.5. The summed E-state index contributed by atoms with van der Waals surface area (Å²) in [6, 6.07) is 0. The molecular weight excluding hydrogens is 320 g/mol. The number of fused-ring (bicyclic) bond motifs is 3. The second-order valence-corrected chi connectivity index (χ2v) is 9.23. The van der Waals surface area contributed by atoms with E-state index in [-0.39, 0.29) is 34.0 Å². The van der Waals surface area contributed by atoms with E-state index in [1.54, 1.807) is 0 Å². The number of carboxylic acids is 1. The molecule has 1 N–H and O–H groups in total. The van der Waals surface area contributed by atoms with Crippen LogP contribution in [0.4, 0.5) is 0 Å². The second-order valence-electron chi connectivity index (χ2n) is 9.23. The first kappa shape index (κ1) is 18.3. The van der Waals surface area contributed by atoms with Gasteiger partial charge in [-0.1, -0.05) is 27.2 Å². The van der Waals surface area contributed by atoms with Crippen molar-refractivity contribution >= 4 is 18.0 Å². The van der Waals surface area contributed by atoms with Gasteiger partial charge >= 0.3 is 5.97 Å². The van der Waals surface area contributed by atoms with Crippen molar-refractivity contribution < 1.29 is 24.2 Å². The number of ketones is 1. The van der Waals surface area contributed by atoms with Crippen molar-refractivity contribution in [1.29, 1.82) is 0 Å². The molecule has 5 nitrogen and oxygen atoms in total. The van der Waals surface area contributed by atoms with Crippen LogP contribution in [0.5, 0.6) is 0 Å². The van der Waals surface area contributed by atoms with E-state index in [1.807, 2.05) is 6.92 Å². The number of carboxylic acid groups (broad SMARTS) is 1. The molecule has 1 aliphatic heterocycles. The van der Waals surface area contributed by atoms with E-state index in [0.29, 0.717) is 19.1 Å². The highest BCUT2D eigenvalue weighted by Gasteiger charge is 2.65. The van der Waals surface area contributed by atoms with Gasteiger partial charge in [0.25, 0.3) is 0 Å². The van der Waals surface area contributed by atoms with Gasteiger partial charge in [-0.15, -0.1) is 0 Å². The van der Waals surface area contributed by atoms with Crippen molar-refractivity contribution in [2.75, 3.05) is 0 Å². The lowest BCUT2D eigenvalue weighted by Gasteiger charge is -2.59. The third-order valence-corrected chi connectivity index (χ3v) is 7.02. The third kappa shape index (κ3) is 2.77. The molecule has 2 aliphatic carbocycles. The highest BCUT2D eigenvalue weighted by Crippen LogP contribution is 2.64. The summed E-state index contributed by atoms with van der Waals surface area (Å²) < 4.78 is 6.18. The normalized spacial score (nSPS) is 43.3. The van der Waals surface area contributed by atoms with Gasteiger partial charge in [0.2, 0.25) is 0 Å². The first-order chi connectivity index (χ1) is 11.5. The smallest absolute Gasteiger partial charge is 0.328 e. The van der Waals surface area contributed by atoms with Gasteiger partial charge in [-0.25, -0.2) is 4.79 Å². The SMILES string of the molecule is CC1(C)CCCC2(C)C1C(=O)CC1(C)OC(C(C=O)=CC(=O)O)CC12. The Balaban J connectivity index is 2.00. The van der Waals surface area contributed by atoms with Crippen molar-refractivity contribution in [1.82, 2.24) is 0 Å². The Bertz CT molecular complexity index is 648. The summed E-state index contributed by atoms with van der Waals surface area (Å²) in [6.07, 6.45) is 5.01. The summed E-state index contributed by atoms with van der Waals surface area (Å²) in [5, 5.41) is 9.00. The molecule has 0 radical (unpaired) electrons. The van der Waals surface area contributed by atoms with Crippen molar-refractivity contribution in [3.8, 4) is 0 Å². The number of Topliss-reactive ketones (excluding diaryl/α,β-unsaturated/α-hetero) is 1. The fourth-order valence-electron chi connectivity index (χ4n) is 6.33. The summed E-state index contributed by atoms with van der Waals surface area (Å²) in [7, 11) is 0. The topological polar surface area (TPSA) is 80.7 Å². The fourth-order valence-corrected chi connectivity index (χ4v) is 6.33. The van der Waals surface area contributed by atoms with Gasteiger partial charge in [-0.05, 0) is 42.9 Å². The van der Waals surface area contributed by atoms with Gasteiger partial charge in [0.1, 0.15) is 12.1 Å². The largest absolute Gasteiger partial charge is 0.478 e. The van der Waals surface area contributed by atoms with Crippen LogP contribution < -0.4 is 0 Å². The molecule has 5 heteroatoms. The van der Waals surface area contributed by atoms with Gasteiger partial charge in [-0.2, -0.15) is 0 Å². The van der Waals surface area contributed by atoms with E-state index in [9.17, 15) is 14.4 Å². The van der Waals surface area contributed by atoms with E-state index >= 15 is 0 Å². The summed E-state index contributed by atoms with van der Waals surface area (Å²) in [5.41, 5.74) is -0.669. The maximum atomic E-state index is 13.1. The molecule has 0 aromatic heterocycles. The minimum atomic E-state index is -1.15. The van der Waals surface area contributed by atoms with Gasteiger partial charge in [0.05, 0.1) is 11.7 Å². The van der Waals surface area contributed by atoms with E-state index < -0.39 is 17.7 Å². The minimum absolute atomic E-state index is 0.00249. The third-order valence-electron chi connectivity index (χ3n) is 7.02. The number of aliphatic carboxylic acids is 1. The summed E-state index contributed by atoms with van der Waals surface area (Å²) >= 11 is 0. The standard InChI is InChI=1S/C20H28O5/c1-18(2)6-5-7-19(3)15-9-14(12(11-21)8-16(23)24)25-20(15,4)10-13(22)17(18)19/h8,11,14-15,17H,5-7,9-10H2,1-4H3,(H,23,24). The molecule has 25 heavy (non-hydrogen) atoms. The van der Waals surface area contributed by atoms with Crippen LogP contribution in [0.1, 0.15) is 59.8 Å². The van der Waals surface area contributed by atoms with Gasteiger partial charge in [-0.3, -0.25) is 9.59 Å². The highest BCUT2D eigenvalue weighted by atomic mass is 16.5. The summed E-state index contributed by atoms with van der Waals surface area (Å²) in [4.78, 5) is 35.5. The maximum absolute atomic E-state index is 13.1. The molecule has 3 rings (SSSR count). The molecule has 2 saturated carbocycles. The van der Waals surface area contributed by atoms with Crippen LogP contribution in [0.2, 0.25) is 0 Å². The number of carbonyl (C=O) groups is 3. The second kappa shape index (κ2) is 5.76. The monoisotopic (exact) mass is 348 g/mol. The molecule has 3 aliphatic rings. The molecular formula is C20H28O5. The zero-order chi connectivity index (χ0) is 18.6. The lowest BCUT2D eigenvalue weighted by atomic mass is 9.45. The Morgan fingerprint density at radius 2 is 1.92 bits per heavy atom. The molecule has 3 fully saturated rings. The molecule has 5 unspecified atom stereocenters. The van der Waals surface area contributed by atoms with Gasteiger partial charge in [0.15, 0.2) is 0 Å². The van der Waals surface area contributed by atoms with Gasteiger partial charge in [0, 0.05) is 24.0 Å². The predicted molar refractivity (Wildman–Crippen MR) is 92.0 cm³/mol. The summed E-state index contributed by atoms with van der Waals surface area (Å²) in [5.74, 6) is -0.757. The Hall–Kier alpha value is -1.49. The molecule has 0 spiro atoms. The van der Waals surface area contributed by atoms with E-state index in [0.717, 1.165) is 25.3 Å². The van der Waals surface area contributed by atoms with Crippen LogP contribution in [0.3, 0.4) is 0 Å². The predicted octanol–water partition coefficient (Wildman–Crippen LogP) is 3.17. The first-order valence-corrected chi connectivity index (χ1v) is 9.14. The average Bonchev–Trinajstić information content (AvgIpc) is 2.81. The molecule has 1 saturated heterocycles. The zero-order valence-electron chi connectivity index (χ0n) is 15.5. The molecule has 1 heterocycles. The van der Waals surface area contributed by atoms with Gasteiger partial charge < -0.3 is 9.84 Å². The van der Waals surface area contributed by atoms with E-state index in [1.165, 1.54) is 0 Å². The van der Waals surface area contributed by atoms with Crippen LogP contribution in [-0.2, 0) is 19.1 Å². The van der Waals surface area contributed by atoms with Crippen LogP contribution in [0.15, 0.2) is 11.6 Å². The van der Waals surface area contributed by atoms with Crippen LogP contribution in [0, 0.1) is 22.7 Å². The van der Waals surface area contributed by atoms with Crippen LogP contribution in [-0.4, -0.2) is 34.9 Å². The fraction of sp³-hybridized carbons (Fsp3) is 0.750. The van der Waals surface area contributed by atoms with E-state index in [2.05, 4.69) is 20.8 Å². The van der Waals surface area contributed by atoms with Crippen LogP contribution >= 0.6 is 0 Å². The average molecular weight is 348 g/mol. The number of rotatable bonds is 3. The minimum Gasteiger partial charge on any atom is -0.478 e. The first-order valence-electron chi connectivity index (χ1n) is 9.14. The van der Waals surface area contributed by atoms with Crippen molar-refractivity contribution in [2.45, 2.75) is 71.5 Å². The Morgan fingerprint density at radius 3 is 2.52 bits per heavy atom. The number of aldehydes is 1. The Kier molecular flexibility index (Phi) is 4.22. The number of hydrogen-bond acceptors (Lipinski definition) is 4. The highest BCUT2D eigenvalue weighted by molar-refractivity contribution is 5.89. The number of hydrogen-bond donors (Lipinski definition) is 1. The lowest BCUT2D eigenvalue weighted by Crippen LogP contribution is -2.60. The molecule has 5 atom stereocenters. The molecule has 138 valence electrons. The number of ether oxygens (including phenoxy) is 1. The van der Waals surface area contributed by atoms with Crippen molar-refractivity contribution in [3.05, 3.63) is 11.6 Å². The van der Waals surface area contributed by atoms with E-state index in [4.69, 9.17) is 9.84 Å². The molecule has 0 bridgehead atoms. The number of carbonyl (C=O) groups excluding carboxylic acids is 2. The molecule has 0 amide bonds. The Labute approximate surface area is 148 Å². The summed E-state index contributed by atoms with van der Waals surface area (Å²) in [6.45, 7) is 8.53. The van der Waals surface area contributed by atoms with Crippen LogP contribution in [0.25, 0.3) is 0 Å². The molecule has 0 aromatic carbocycles. The quantitative estimate of drug-likeness (QED) is 0.626. The molecule has 0 aromatic rings. The van der Waals surface area contributed by atoms with Crippen molar-refractivity contribution in [3.63, 3.8) is 0 Å². The lowest BCUT2D eigenvalue weighted by molar-refractivity contribution is -0.172.